The zero-order valence-corrected chi connectivity index (χ0v) is 15.4. The van der Waals surface area contributed by atoms with Crippen LogP contribution in [0.1, 0.15) is 23.1 Å². The zero-order chi connectivity index (χ0) is 20.4. The lowest BCUT2D eigenvalue weighted by Crippen LogP contribution is -2.31. The Morgan fingerprint density at radius 2 is 2.07 bits per heavy atom. The summed E-state index contributed by atoms with van der Waals surface area (Å²) in [6.45, 7) is 8.91. The molecule has 0 bridgehead atoms. The van der Waals surface area contributed by atoms with Gasteiger partial charge in [-0.2, -0.15) is 0 Å². The number of rotatable bonds is 3. The first-order valence-corrected chi connectivity index (χ1v) is 8.57. The van der Waals surface area contributed by atoms with E-state index in [1.54, 1.807) is 19.1 Å². The second-order valence-electron chi connectivity index (χ2n) is 6.46. The molecular weight excluding hydrogens is 361 g/mol. The molecule has 0 spiro atoms. The lowest BCUT2D eigenvalue weighted by molar-refractivity contribution is -0.121. The molecule has 0 radical (unpaired) electrons. The van der Waals surface area contributed by atoms with Crippen LogP contribution in [0.15, 0.2) is 42.0 Å². The molecule has 28 heavy (non-hydrogen) atoms. The summed E-state index contributed by atoms with van der Waals surface area (Å²) in [4.78, 5) is 29.8. The molecule has 2 N–H and O–H groups in total. The number of carbonyl (C=O) groups is 2. The fourth-order valence-corrected chi connectivity index (χ4v) is 3.07. The number of aliphatic hydroxyl groups excluding tert-OH is 1. The Morgan fingerprint density at radius 1 is 1.32 bits per heavy atom. The van der Waals surface area contributed by atoms with Gasteiger partial charge in [0.2, 0.25) is 5.91 Å². The number of benzene rings is 2. The Kier molecular flexibility index (Phi) is 5.14. The summed E-state index contributed by atoms with van der Waals surface area (Å²) in [5.41, 5.74) is 1.84. The normalized spacial score (nSPS) is 13.6. The second kappa shape index (κ2) is 7.53. The van der Waals surface area contributed by atoms with Crippen molar-refractivity contribution in [3.63, 3.8) is 0 Å². The number of halogens is 1. The van der Waals surface area contributed by atoms with Gasteiger partial charge in [-0.15, -0.1) is 0 Å². The number of fused-ring (bicyclic) bond motifs is 1. The highest BCUT2D eigenvalue weighted by Gasteiger charge is 2.30. The van der Waals surface area contributed by atoms with E-state index < -0.39 is 11.8 Å². The van der Waals surface area contributed by atoms with Crippen LogP contribution in [-0.4, -0.2) is 24.0 Å². The third-order valence-electron chi connectivity index (χ3n) is 4.65. The van der Waals surface area contributed by atoms with E-state index in [-0.39, 0.29) is 41.4 Å². The molecule has 6 nitrogen and oxygen atoms in total. The summed E-state index contributed by atoms with van der Waals surface area (Å²) in [5.74, 6) is -1.69. The minimum atomic E-state index is -0.561. The fourth-order valence-electron chi connectivity index (χ4n) is 3.07. The Balaban J connectivity index is 2.14. The van der Waals surface area contributed by atoms with Gasteiger partial charge in [0.25, 0.3) is 5.91 Å². The van der Waals surface area contributed by atoms with Crippen molar-refractivity contribution in [1.82, 2.24) is 5.32 Å². The smallest absolute Gasteiger partial charge is 0.251 e. The van der Waals surface area contributed by atoms with Gasteiger partial charge in [-0.25, -0.2) is 9.24 Å². The van der Waals surface area contributed by atoms with E-state index in [2.05, 4.69) is 10.2 Å². The number of nitrogens with one attached hydrogen (secondary N) is 1. The highest BCUT2D eigenvalue weighted by molar-refractivity contribution is 6.10. The second-order valence-corrected chi connectivity index (χ2v) is 6.46. The number of nitrogens with zero attached hydrogens (tertiary/aromatic N) is 2. The molecule has 0 aliphatic carbocycles. The van der Waals surface area contributed by atoms with Crippen molar-refractivity contribution in [2.24, 2.45) is 0 Å². The molecule has 2 aromatic rings. The molecule has 0 unspecified atom stereocenters. The molecule has 1 heterocycles. The molecule has 3 rings (SSSR count). The number of aliphatic hydroxyl groups is 1. The molecule has 0 saturated carbocycles. The Hall–Kier alpha value is -3.66. The summed E-state index contributed by atoms with van der Waals surface area (Å²) < 4.78 is 14.0. The summed E-state index contributed by atoms with van der Waals surface area (Å²) in [6, 6.07) is 9.16. The van der Waals surface area contributed by atoms with Gasteiger partial charge >= 0.3 is 0 Å². The van der Waals surface area contributed by atoms with Crippen molar-refractivity contribution in [1.29, 1.82) is 0 Å². The number of anilines is 1. The van der Waals surface area contributed by atoms with Crippen molar-refractivity contribution in [2.45, 2.75) is 19.9 Å². The molecule has 2 amide bonds. The molecular formula is C21H18FN3O3. The van der Waals surface area contributed by atoms with Gasteiger partial charge in [0, 0.05) is 18.3 Å². The molecule has 0 saturated heterocycles. The minimum Gasteiger partial charge on any atom is -0.507 e. The molecule has 0 fully saturated rings. The third-order valence-corrected chi connectivity index (χ3v) is 4.65. The van der Waals surface area contributed by atoms with Crippen LogP contribution < -0.4 is 10.2 Å². The number of hydrogen-bond donors (Lipinski definition) is 2. The number of amides is 2. The summed E-state index contributed by atoms with van der Waals surface area (Å²) in [5, 5.41) is 13.1. The standard InChI is InChI=1S/C21H18FN3O3/c1-12-4-5-13(8-17(12)22)11-25-18-9-14(23-2)6-7-15(18)20(27)16(10-19(25)26)21(28)24-3/h4-9,27H,10-11H2,1,3H3,(H,24,28). The Morgan fingerprint density at radius 3 is 2.71 bits per heavy atom. The van der Waals surface area contributed by atoms with Crippen LogP contribution in [0.3, 0.4) is 0 Å². The average molecular weight is 379 g/mol. The van der Waals surface area contributed by atoms with E-state index in [4.69, 9.17) is 6.57 Å². The van der Waals surface area contributed by atoms with E-state index in [9.17, 15) is 19.1 Å². The maximum atomic E-state index is 14.0. The van der Waals surface area contributed by atoms with Crippen molar-refractivity contribution in [2.75, 3.05) is 11.9 Å². The SMILES string of the molecule is [C-]#[N+]c1ccc2c(c1)N(Cc1ccc(C)c(F)c1)C(=O)CC(C(=O)NC)=C2O. The van der Waals surface area contributed by atoms with Gasteiger partial charge in [0.1, 0.15) is 11.6 Å². The van der Waals surface area contributed by atoms with Crippen LogP contribution in [-0.2, 0) is 16.1 Å². The van der Waals surface area contributed by atoms with Gasteiger partial charge in [-0.1, -0.05) is 24.3 Å². The zero-order valence-electron chi connectivity index (χ0n) is 15.4. The lowest BCUT2D eigenvalue weighted by atomic mass is 10.0. The monoisotopic (exact) mass is 379 g/mol. The topological polar surface area (TPSA) is 74.0 Å². The van der Waals surface area contributed by atoms with Crippen LogP contribution in [0.2, 0.25) is 0 Å². The van der Waals surface area contributed by atoms with Gasteiger partial charge in [-0.05, 0) is 30.2 Å². The first-order chi connectivity index (χ1) is 13.3. The minimum absolute atomic E-state index is 0.0405. The largest absolute Gasteiger partial charge is 0.507 e. The third kappa shape index (κ3) is 3.45. The fraction of sp³-hybridized carbons (Fsp3) is 0.190. The molecule has 1 aliphatic rings. The van der Waals surface area contributed by atoms with Gasteiger partial charge in [0.15, 0.2) is 5.69 Å². The van der Waals surface area contributed by atoms with Gasteiger partial charge in [0.05, 0.1) is 25.1 Å². The lowest BCUT2D eigenvalue weighted by Gasteiger charge is -2.24. The quantitative estimate of drug-likeness (QED) is 0.800. The van der Waals surface area contributed by atoms with E-state index in [1.165, 1.54) is 36.2 Å². The maximum absolute atomic E-state index is 14.0. The maximum Gasteiger partial charge on any atom is 0.251 e. The predicted molar refractivity (Wildman–Crippen MR) is 103 cm³/mol. The van der Waals surface area contributed by atoms with E-state index >= 15 is 0 Å². The number of likely N-dealkylation sites (N-methyl/N-ethyl adjacent to an activating group) is 1. The number of aryl methyl sites for hydroxylation is 1. The summed E-state index contributed by atoms with van der Waals surface area (Å²) >= 11 is 0. The van der Waals surface area contributed by atoms with Crippen molar-refractivity contribution < 1.29 is 19.1 Å². The first-order valence-electron chi connectivity index (χ1n) is 8.57. The molecule has 0 aromatic heterocycles. The van der Waals surface area contributed by atoms with Crippen LogP contribution in [0.25, 0.3) is 10.6 Å². The van der Waals surface area contributed by atoms with Crippen LogP contribution >= 0.6 is 0 Å². The van der Waals surface area contributed by atoms with E-state index in [0.29, 0.717) is 16.8 Å². The highest BCUT2D eigenvalue weighted by atomic mass is 19.1. The predicted octanol–water partition coefficient (Wildman–Crippen LogP) is 3.64. The van der Waals surface area contributed by atoms with Crippen LogP contribution in [0.5, 0.6) is 0 Å². The Bertz CT molecular complexity index is 1050. The number of carbonyl (C=O) groups excluding carboxylic acids is 2. The summed E-state index contributed by atoms with van der Waals surface area (Å²) in [7, 11) is 1.41. The number of hydrogen-bond acceptors (Lipinski definition) is 3. The molecule has 7 heteroatoms. The van der Waals surface area contributed by atoms with Crippen LogP contribution in [0.4, 0.5) is 15.8 Å². The van der Waals surface area contributed by atoms with Gasteiger partial charge in [-0.3, -0.25) is 9.59 Å². The highest BCUT2D eigenvalue weighted by Crippen LogP contribution is 2.37. The van der Waals surface area contributed by atoms with Gasteiger partial charge < -0.3 is 15.3 Å². The average Bonchev–Trinajstić information content (AvgIpc) is 2.80. The van der Waals surface area contributed by atoms with Crippen molar-refractivity contribution in [3.8, 4) is 0 Å². The van der Waals surface area contributed by atoms with E-state index in [1.807, 2.05) is 0 Å². The Labute approximate surface area is 161 Å². The molecule has 142 valence electrons. The summed E-state index contributed by atoms with van der Waals surface area (Å²) in [6.07, 6.45) is -0.318. The van der Waals surface area contributed by atoms with Crippen molar-refractivity contribution >= 4 is 28.9 Å². The first kappa shape index (κ1) is 19.1. The molecule has 1 aliphatic heterocycles. The van der Waals surface area contributed by atoms with Crippen molar-refractivity contribution in [3.05, 3.63) is 75.9 Å². The molecule has 0 atom stereocenters. The molecule has 2 aromatic carbocycles. The van der Waals surface area contributed by atoms with Crippen LogP contribution in [0, 0.1) is 19.3 Å². The van der Waals surface area contributed by atoms with E-state index in [0.717, 1.165) is 0 Å².